The van der Waals surface area contributed by atoms with Crippen LogP contribution in [0.1, 0.15) is 43.9 Å². The summed E-state index contributed by atoms with van der Waals surface area (Å²) in [5.41, 5.74) is 9.07. The average molecular weight is 287 g/mol. The minimum atomic E-state index is 0.156. The Labute approximate surface area is 129 Å². The van der Waals surface area contributed by atoms with Crippen molar-refractivity contribution in [1.82, 2.24) is 9.80 Å². The molecular weight excluding hydrogens is 258 g/mol. The monoisotopic (exact) mass is 287 g/mol. The van der Waals surface area contributed by atoms with Crippen LogP contribution in [0.4, 0.5) is 0 Å². The summed E-state index contributed by atoms with van der Waals surface area (Å²) >= 11 is 0. The largest absolute Gasteiger partial charge is 0.326 e. The molecule has 4 unspecified atom stereocenters. The normalized spacial score (nSPS) is 30.1. The van der Waals surface area contributed by atoms with Gasteiger partial charge in [0, 0.05) is 37.3 Å². The van der Waals surface area contributed by atoms with Gasteiger partial charge >= 0.3 is 0 Å². The highest BCUT2D eigenvalue weighted by molar-refractivity contribution is 5.25. The van der Waals surface area contributed by atoms with Gasteiger partial charge in [0.15, 0.2) is 0 Å². The fourth-order valence-corrected chi connectivity index (χ4v) is 4.16. The zero-order chi connectivity index (χ0) is 15.0. The maximum absolute atomic E-state index is 6.38. The van der Waals surface area contributed by atoms with Crippen molar-refractivity contribution >= 4 is 0 Å². The average Bonchev–Trinajstić information content (AvgIpc) is 2.88. The molecule has 2 saturated heterocycles. The number of nitrogens with zero attached hydrogens (tertiary/aromatic N) is 2. The van der Waals surface area contributed by atoms with Gasteiger partial charge in [0.05, 0.1) is 0 Å². The molecule has 3 rings (SSSR count). The number of hydrogen-bond donors (Lipinski definition) is 1. The van der Waals surface area contributed by atoms with E-state index in [1.54, 1.807) is 0 Å². The van der Waals surface area contributed by atoms with E-state index in [2.05, 4.69) is 54.8 Å². The van der Waals surface area contributed by atoms with E-state index in [-0.39, 0.29) is 6.04 Å². The Morgan fingerprint density at radius 1 is 1.19 bits per heavy atom. The van der Waals surface area contributed by atoms with Crippen molar-refractivity contribution in [2.45, 2.75) is 57.8 Å². The lowest BCUT2D eigenvalue weighted by atomic mass is 9.94. The van der Waals surface area contributed by atoms with Crippen LogP contribution in [0.2, 0.25) is 0 Å². The second kappa shape index (κ2) is 6.07. The van der Waals surface area contributed by atoms with Gasteiger partial charge in [0.1, 0.15) is 0 Å². The van der Waals surface area contributed by atoms with Gasteiger partial charge in [-0.2, -0.15) is 0 Å². The van der Waals surface area contributed by atoms with E-state index >= 15 is 0 Å². The van der Waals surface area contributed by atoms with E-state index in [0.717, 1.165) is 6.04 Å². The van der Waals surface area contributed by atoms with Crippen LogP contribution in [0.25, 0.3) is 0 Å². The minimum Gasteiger partial charge on any atom is -0.326 e. The molecule has 1 aromatic rings. The lowest BCUT2D eigenvalue weighted by molar-refractivity contribution is 0.0206. The third-order valence-corrected chi connectivity index (χ3v) is 5.26. The van der Waals surface area contributed by atoms with Crippen molar-refractivity contribution in [3.8, 4) is 0 Å². The summed E-state index contributed by atoms with van der Waals surface area (Å²) in [4.78, 5) is 5.33. The summed E-state index contributed by atoms with van der Waals surface area (Å²) in [6.07, 6.45) is 2.71. The van der Waals surface area contributed by atoms with Crippen molar-refractivity contribution in [3.63, 3.8) is 0 Å². The van der Waals surface area contributed by atoms with Crippen LogP contribution < -0.4 is 5.73 Å². The summed E-state index contributed by atoms with van der Waals surface area (Å²) in [5, 5.41) is 0. The fourth-order valence-electron chi connectivity index (χ4n) is 4.16. The molecule has 0 aromatic heterocycles. The summed E-state index contributed by atoms with van der Waals surface area (Å²) < 4.78 is 0. The van der Waals surface area contributed by atoms with Gasteiger partial charge < -0.3 is 5.73 Å². The molecule has 2 heterocycles. The number of nitrogens with two attached hydrogens (primary N) is 1. The van der Waals surface area contributed by atoms with Gasteiger partial charge in [0.25, 0.3) is 0 Å². The van der Waals surface area contributed by atoms with Crippen LogP contribution in [-0.4, -0.2) is 47.6 Å². The molecule has 2 fully saturated rings. The zero-order valence-electron chi connectivity index (χ0n) is 13.6. The van der Waals surface area contributed by atoms with Crippen LogP contribution in [0.5, 0.6) is 0 Å². The predicted molar refractivity (Wildman–Crippen MR) is 88.3 cm³/mol. The van der Waals surface area contributed by atoms with Gasteiger partial charge in [0.2, 0.25) is 0 Å². The molecule has 0 saturated carbocycles. The van der Waals surface area contributed by atoms with E-state index in [1.807, 2.05) is 0 Å². The topological polar surface area (TPSA) is 32.5 Å². The molecule has 0 spiro atoms. The molecule has 0 amide bonds. The molecule has 3 heteroatoms. The molecular formula is C18H29N3. The summed E-state index contributed by atoms with van der Waals surface area (Å²) in [7, 11) is 0. The molecule has 21 heavy (non-hydrogen) atoms. The first-order valence-corrected chi connectivity index (χ1v) is 8.38. The summed E-state index contributed by atoms with van der Waals surface area (Å²) in [6.45, 7) is 10.3. The first-order chi connectivity index (χ1) is 10.1. The van der Waals surface area contributed by atoms with E-state index in [1.165, 1.54) is 43.6 Å². The standard InChI is InChI=1S/C18H29N3/c1-13-6-8-16(9-7-13)18(15(3)19)21-12-17-5-4-10-20(17)11-14(21)2/h6-9,14-15,17-18H,4-5,10-12,19H2,1-3H3. The van der Waals surface area contributed by atoms with Crippen LogP contribution in [0.3, 0.4) is 0 Å². The van der Waals surface area contributed by atoms with Gasteiger partial charge in [-0.05, 0) is 45.7 Å². The Morgan fingerprint density at radius 3 is 2.57 bits per heavy atom. The highest BCUT2D eigenvalue weighted by Gasteiger charge is 2.38. The van der Waals surface area contributed by atoms with E-state index < -0.39 is 0 Å². The van der Waals surface area contributed by atoms with Gasteiger partial charge in [-0.15, -0.1) is 0 Å². The van der Waals surface area contributed by atoms with Crippen LogP contribution in [0.15, 0.2) is 24.3 Å². The highest BCUT2D eigenvalue weighted by atomic mass is 15.3. The number of benzene rings is 1. The Morgan fingerprint density at radius 2 is 1.90 bits per heavy atom. The van der Waals surface area contributed by atoms with Crippen molar-refractivity contribution in [3.05, 3.63) is 35.4 Å². The van der Waals surface area contributed by atoms with Crippen molar-refractivity contribution < 1.29 is 0 Å². The summed E-state index contributed by atoms with van der Waals surface area (Å²) in [6, 6.07) is 10.8. The molecule has 116 valence electrons. The maximum atomic E-state index is 6.38. The molecule has 0 bridgehead atoms. The van der Waals surface area contributed by atoms with Crippen LogP contribution in [-0.2, 0) is 0 Å². The number of aryl methyl sites for hydroxylation is 1. The Balaban J connectivity index is 1.84. The molecule has 2 aliphatic heterocycles. The van der Waals surface area contributed by atoms with Crippen LogP contribution in [0, 0.1) is 6.92 Å². The number of fused-ring (bicyclic) bond motifs is 1. The molecule has 3 nitrogen and oxygen atoms in total. The number of rotatable bonds is 3. The molecule has 2 N–H and O–H groups in total. The van der Waals surface area contributed by atoms with Crippen molar-refractivity contribution in [2.24, 2.45) is 5.73 Å². The Hall–Kier alpha value is -0.900. The predicted octanol–water partition coefficient (Wildman–Crippen LogP) is 2.55. The third kappa shape index (κ3) is 3.01. The highest BCUT2D eigenvalue weighted by Crippen LogP contribution is 2.32. The smallest absolute Gasteiger partial charge is 0.0500 e. The molecule has 4 atom stereocenters. The lowest BCUT2D eigenvalue weighted by Crippen LogP contribution is -2.57. The van der Waals surface area contributed by atoms with E-state index in [0.29, 0.717) is 12.1 Å². The zero-order valence-corrected chi connectivity index (χ0v) is 13.6. The first-order valence-electron chi connectivity index (χ1n) is 8.38. The Bertz CT molecular complexity index is 468. The van der Waals surface area contributed by atoms with Crippen molar-refractivity contribution in [1.29, 1.82) is 0 Å². The number of hydrogen-bond acceptors (Lipinski definition) is 3. The molecule has 0 aliphatic carbocycles. The van der Waals surface area contributed by atoms with Gasteiger partial charge in [-0.3, -0.25) is 9.80 Å². The fraction of sp³-hybridized carbons (Fsp3) is 0.667. The lowest BCUT2D eigenvalue weighted by Gasteiger charge is -2.47. The van der Waals surface area contributed by atoms with Gasteiger partial charge in [-0.25, -0.2) is 0 Å². The van der Waals surface area contributed by atoms with Crippen LogP contribution >= 0.6 is 0 Å². The van der Waals surface area contributed by atoms with E-state index in [9.17, 15) is 0 Å². The maximum Gasteiger partial charge on any atom is 0.0500 e. The third-order valence-electron chi connectivity index (χ3n) is 5.26. The van der Waals surface area contributed by atoms with Crippen molar-refractivity contribution in [2.75, 3.05) is 19.6 Å². The second-order valence-corrected chi connectivity index (χ2v) is 7.05. The summed E-state index contributed by atoms with van der Waals surface area (Å²) in [5.74, 6) is 0. The molecule has 0 radical (unpaired) electrons. The second-order valence-electron chi connectivity index (χ2n) is 7.05. The quantitative estimate of drug-likeness (QED) is 0.927. The number of piperazine rings is 1. The molecule has 2 aliphatic rings. The first kappa shape index (κ1) is 15.0. The van der Waals surface area contributed by atoms with E-state index in [4.69, 9.17) is 5.73 Å². The minimum absolute atomic E-state index is 0.156. The Kier molecular flexibility index (Phi) is 4.34. The van der Waals surface area contributed by atoms with Gasteiger partial charge in [-0.1, -0.05) is 29.8 Å². The SMILES string of the molecule is Cc1ccc(C(C(C)N)N2CC3CCCN3CC2C)cc1. The molecule has 1 aromatic carbocycles.